The summed E-state index contributed by atoms with van der Waals surface area (Å²) in [6.07, 6.45) is 5.53. The zero-order chi connectivity index (χ0) is 21.9. The standard InChI is InChI=1S/C24H38N4O3/c1-21-8-6-9-22(18-21)31-17-7-10-25-23(29)19-26-13-15-27(16-14-26)20-24(30)28-11-4-2-3-5-12-28/h6,8-9,18H,2-5,7,10-17,19-20H2,1H3,(H,25,29). The molecule has 7 nitrogen and oxygen atoms in total. The van der Waals surface area contributed by atoms with Crippen LogP contribution in [0.3, 0.4) is 0 Å². The maximum Gasteiger partial charge on any atom is 0.236 e. The fraction of sp³-hybridized carbons (Fsp3) is 0.667. The summed E-state index contributed by atoms with van der Waals surface area (Å²) in [5.41, 5.74) is 1.18. The zero-order valence-corrected chi connectivity index (χ0v) is 19.0. The van der Waals surface area contributed by atoms with Gasteiger partial charge in [0.15, 0.2) is 0 Å². The molecule has 0 aromatic heterocycles. The lowest BCUT2D eigenvalue weighted by Gasteiger charge is -2.35. The first-order chi connectivity index (χ1) is 15.1. The van der Waals surface area contributed by atoms with Gasteiger partial charge in [-0.2, -0.15) is 0 Å². The van der Waals surface area contributed by atoms with E-state index in [4.69, 9.17) is 4.74 Å². The summed E-state index contributed by atoms with van der Waals surface area (Å²) in [6, 6.07) is 7.99. The van der Waals surface area contributed by atoms with Gasteiger partial charge in [-0.05, 0) is 43.9 Å². The molecular weight excluding hydrogens is 392 g/mol. The number of amides is 2. The first-order valence-electron chi connectivity index (χ1n) is 11.8. The molecule has 2 fully saturated rings. The van der Waals surface area contributed by atoms with Gasteiger partial charge in [0.05, 0.1) is 19.7 Å². The van der Waals surface area contributed by atoms with E-state index < -0.39 is 0 Å². The topological polar surface area (TPSA) is 65.1 Å². The van der Waals surface area contributed by atoms with Gasteiger partial charge < -0.3 is 15.0 Å². The second kappa shape index (κ2) is 12.7. The average Bonchev–Trinajstić information content (AvgIpc) is 3.05. The molecule has 0 aliphatic carbocycles. The number of rotatable bonds is 9. The zero-order valence-electron chi connectivity index (χ0n) is 19.0. The maximum absolute atomic E-state index is 12.6. The number of hydrogen-bond donors (Lipinski definition) is 1. The van der Waals surface area contributed by atoms with Crippen LogP contribution in [-0.4, -0.2) is 92.0 Å². The summed E-state index contributed by atoms with van der Waals surface area (Å²) in [7, 11) is 0. The van der Waals surface area contributed by atoms with Crippen molar-refractivity contribution in [3.63, 3.8) is 0 Å². The Kier molecular flexibility index (Phi) is 9.62. The summed E-state index contributed by atoms with van der Waals surface area (Å²) in [4.78, 5) is 31.2. The Hall–Kier alpha value is -2.12. The smallest absolute Gasteiger partial charge is 0.236 e. The van der Waals surface area contributed by atoms with Gasteiger partial charge in [0.25, 0.3) is 0 Å². The van der Waals surface area contributed by atoms with E-state index >= 15 is 0 Å². The molecule has 2 heterocycles. The quantitative estimate of drug-likeness (QED) is 0.606. The number of likely N-dealkylation sites (tertiary alicyclic amines) is 1. The van der Waals surface area contributed by atoms with Crippen LogP contribution >= 0.6 is 0 Å². The number of carbonyl (C=O) groups excluding carboxylic acids is 2. The van der Waals surface area contributed by atoms with Crippen LogP contribution in [0, 0.1) is 6.92 Å². The normalized spacial score (nSPS) is 18.4. The third kappa shape index (κ3) is 8.50. The minimum atomic E-state index is 0.0599. The Morgan fingerprint density at radius 3 is 2.29 bits per heavy atom. The molecule has 0 spiro atoms. The molecule has 1 aromatic carbocycles. The van der Waals surface area contributed by atoms with Crippen molar-refractivity contribution in [2.24, 2.45) is 0 Å². The van der Waals surface area contributed by atoms with Gasteiger partial charge >= 0.3 is 0 Å². The molecule has 2 aliphatic heterocycles. The van der Waals surface area contributed by atoms with E-state index in [9.17, 15) is 9.59 Å². The van der Waals surface area contributed by atoms with E-state index in [1.807, 2.05) is 36.1 Å². The number of hydrogen-bond acceptors (Lipinski definition) is 5. The van der Waals surface area contributed by atoms with Crippen molar-refractivity contribution in [3.05, 3.63) is 29.8 Å². The molecule has 3 rings (SSSR count). The third-order valence-electron chi connectivity index (χ3n) is 6.05. The minimum Gasteiger partial charge on any atom is -0.494 e. The SMILES string of the molecule is Cc1cccc(OCCCNC(=O)CN2CCN(CC(=O)N3CCCCCC3)CC2)c1. The van der Waals surface area contributed by atoms with Crippen molar-refractivity contribution in [2.75, 3.05) is 65.5 Å². The van der Waals surface area contributed by atoms with Crippen LogP contribution in [-0.2, 0) is 9.59 Å². The lowest BCUT2D eigenvalue weighted by atomic mass is 10.2. The summed E-state index contributed by atoms with van der Waals surface area (Å²) in [5, 5.41) is 2.98. The minimum absolute atomic E-state index is 0.0599. The summed E-state index contributed by atoms with van der Waals surface area (Å²) >= 11 is 0. The van der Waals surface area contributed by atoms with E-state index in [0.29, 0.717) is 26.2 Å². The molecule has 2 aliphatic rings. The largest absolute Gasteiger partial charge is 0.494 e. The van der Waals surface area contributed by atoms with Crippen molar-refractivity contribution >= 4 is 11.8 Å². The van der Waals surface area contributed by atoms with Gasteiger partial charge in [0.2, 0.25) is 11.8 Å². The molecule has 31 heavy (non-hydrogen) atoms. The predicted molar refractivity (Wildman–Crippen MR) is 122 cm³/mol. The van der Waals surface area contributed by atoms with Crippen LogP contribution in [0.25, 0.3) is 0 Å². The fourth-order valence-electron chi connectivity index (χ4n) is 4.17. The fourth-order valence-corrected chi connectivity index (χ4v) is 4.17. The van der Waals surface area contributed by atoms with Gasteiger partial charge in [-0.1, -0.05) is 25.0 Å². The maximum atomic E-state index is 12.6. The van der Waals surface area contributed by atoms with Crippen molar-refractivity contribution in [2.45, 2.75) is 39.0 Å². The summed E-state index contributed by atoms with van der Waals surface area (Å²) in [6.45, 7) is 9.36. The number of aryl methyl sites for hydroxylation is 1. The van der Waals surface area contributed by atoms with E-state index in [1.165, 1.54) is 18.4 Å². The molecule has 0 radical (unpaired) electrons. The van der Waals surface area contributed by atoms with Crippen molar-refractivity contribution in [1.82, 2.24) is 20.0 Å². The molecule has 0 saturated carbocycles. The van der Waals surface area contributed by atoms with Crippen LogP contribution in [0.1, 0.15) is 37.7 Å². The first kappa shape index (κ1) is 23.5. The number of ether oxygens (including phenoxy) is 1. The summed E-state index contributed by atoms with van der Waals surface area (Å²) in [5.74, 6) is 1.20. The van der Waals surface area contributed by atoms with Crippen LogP contribution in [0.5, 0.6) is 5.75 Å². The molecule has 2 amide bonds. The highest BCUT2D eigenvalue weighted by Gasteiger charge is 2.23. The molecule has 1 aromatic rings. The Balaban J connectivity index is 1.24. The van der Waals surface area contributed by atoms with Gasteiger partial charge in [-0.25, -0.2) is 0 Å². The number of nitrogens with zero attached hydrogens (tertiary/aromatic N) is 3. The Bertz CT molecular complexity index is 696. The van der Waals surface area contributed by atoms with Crippen LogP contribution < -0.4 is 10.1 Å². The van der Waals surface area contributed by atoms with Crippen LogP contribution in [0.2, 0.25) is 0 Å². The second-order valence-electron chi connectivity index (χ2n) is 8.72. The molecule has 172 valence electrons. The average molecular weight is 431 g/mol. The molecule has 2 saturated heterocycles. The molecule has 0 unspecified atom stereocenters. The summed E-state index contributed by atoms with van der Waals surface area (Å²) < 4.78 is 5.71. The van der Waals surface area contributed by atoms with Crippen LogP contribution in [0.4, 0.5) is 0 Å². The van der Waals surface area contributed by atoms with Gasteiger partial charge in [-0.15, -0.1) is 0 Å². The molecule has 1 N–H and O–H groups in total. The lowest BCUT2D eigenvalue weighted by molar-refractivity contribution is -0.133. The van der Waals surface area contributed by atoms with Gasteiger partial charge in [0, 0.05) is 45.8 Å². The number of piperazine rings is 1. The Labute approximate surface area is 186 Å². The molecule has 7 heteroatoms. The third-order valence-corrected chi connectivity index (χ3v) is 6.05. The molecule has 0 bridgehead atoms. The van der Waals surface area contributed by atoms with E-state index in [1.54, 1.807) is 0 Å². The highest BCUT2D eigenvalue weighted by molar-refractivity contribution is 5.78. The molecular formula is C24H38N4O3. The van der Waals surface area contributed by atoms with Crippen molar-refractivity contribution < 1.29 is 14.3 Å². The number of benzene rings is 1. The molecule has 0 atom stereocenters. The highest BCUT2D eigenvalue weighted by Crippen LogP contribution is 2.12. The lowest BCUT2D eigenvalue weighted by Crippen LogP contribution is -2.52. The van der Waals surface area contributed by atoms with Gasteiger partial charge in [-0.3, -0.25) is 19.4 Å². The highest BCUT2D eigenvalue weighted by atomic mass is 16.5. The first-order valence-corrected chi connectivity index (χ1v) is 11.8. The predicted octanol–water partition coefficient (Wildman–Crippen LogP) is 1.90. The van der Waals surface area contributed by atoms with Crippen molar-refractivity contribution in [3.8, 4) is 5.75 Å². The number of nitrogens with one attached hydrogen (secondary N) is 1. The second-order valence-corrected chi connectivity index (χ2v) is 8.72. The van der Waals surface area contributed by atoms with E-state index in [0.717, 1.165) is 64.3 Å². The van der Waals surface area contributed by atoms with E-state index in [-0.39, 0.29) is 11.8 Å². The van der Waals surface area contributed by atoms with Crippen LogP contribution in [0.15, 0.2) is 24.3 Å². The van der Waals surface area contributed by atoms with E-state index in [2.05, 4.69) is 15.1 Å². The van der Waals surface area contributed by atoms with Crippen molar-refractivity contribution in [1.29, 1.82) is 0 Å². The Morgan fingerprint density at radius 2 is 1.61 bits per heavy atom. The monoisotopic (exact) mass is 430 g/mol. The Morgan fingerprint density at radius 1 is 0.935 bits per heavy atom. The van der Waals surface area contributed by atoms with Gasteiger partial charge in [0.1, 0.15) is 5.75 Å². The number of carbonyl (C=O) groups is 2.